The van der Waals surface area contributed by atoms with Gasteiger partial charge in [0.25, 0.3) is 5.91 Å². The van der Waals surface area contributed by atoms with Crippen LogP contribution in [0.1, 0.15) is 35.4 Å². The van der Waals surface area contributed by atoms with Crippen LogP contribution in [0, 0.1) is 5.92 Å². The number of carbonyl (C=O) groups is 2. The van der Waals surface area contributed by atoms with Crippen LogP contribution in [-0.2, 0) is 4.79 Å². The second kappa shape index (κ2) is 10.2. The minimum absolute atomic E-state index is 0. The van der Waals surface area contributed by atoms with Gasteiger partial charge in [0, 0.05) is 25.2 Å². The molecule has 2 saturated heterocycles. The number of thiophene rings is 1. The molecule has 29 heavy (non-hydrogen) atoms. The van der Waals surface area contributed by atoms with E-state index in [0.29, 0.717) is 19.0 Å². The van der Waals surface area contributed by atoms with E-state index < -0.39 is 0 Å². The Kier molecular flexibility index (Phi) is 7.70. The molecule has 2 amide bonds. The molecule has 3 heterocycles. The second-order valence-corrected chi connectivity index (χ2v) is 8.60. The highest BCUT2D eigenvalue weighted by Crippen LogP contribution is 2.30. The third-order valence-electron chi connectivity index (χ3n) is 5.69. The topological polar surface area (TPSA) is 61.4 Å². The third-order valence-corrected chi connectivity index (χ3v) is 6.59. The molecule has 0 aliphatic carbocycles. The molecule has 5 nitrogen and oxygen atoms in total. The van der Waals surface area contributed by atoms with E-state index in [1.807, 2.05) is 46.7 Å². The monoisotopic (exact) mass is 433 g/mol. The van der Waals surface area contributed by atoms with E-state index in [-0.39, 0.29) is 30.3 Å². The summed E-state index contributed by atoms with van der Waals surface area (Å²) in [5, 5.41) is 8.32. The molecule has 2 aromatic rings. The number of carbonyl (C=O) groups excluding carboxylic acids is 2. The number of likely N-dealkylation sites (tertiary alicyclic amines) is 1. The predicted octanol–water partition coefficient (Wildman–Crippen LogP) is 3.56. The predicted molar refractivity (Wildman–Crippen MR) is 120 cm³/mol. The summed E-state index contributed by atoms with van der Waals surface area (Å²) in [6.45, 7) is 3.08. The fourth-order valence-corrected chi connectivity index (χ4v) is 5.04. The average Bonchev–Trinajstić information content (AvgIpc) is 3.44. The minimum Gasteiger partial charge on any atom is -0.354 e. The fourth-order valence-electron chi connectivity index (χ4n) is 4.16. The molecule has 1 aromatic carbocycles. The number of nitrogens with zero attached hydrogens (tertiary/aromatic N) is 1. The minimum atomic E-state index is -0.0409. The molecule has 0 bridgehead atoms. The first-order chi connectivity index (χ1) is 13.7. The maximum absolute atomic E-state index is 13.2. The summed E-state index contributed by atoms with van der Waals surface area (Å²) in [6.07, 6.45) is 4.02. The maximum Gasteiger partial charge on any atom is 0.264 e. The zero-order valence-corrected chi connectivity index (χ0v) is 18.1. The molecule has 2 aliphatic rings. The van der Waals surface area contributed by atoms with Crippen molar-refractivity contribution in [2.75, 3.05) is 26.2 Å². The number of hydrogen-bond acceptors (Lipinski definition) is 4. The van der Waals surface area contributed by atoms with Gasteiger partial charge in [0.1, 0.15) is 0 Å². The largest absolute Gasteiger partial charge is 0.354 e. The van der Waals surface area contributed by atoms with E-state index in [1.54, 1.807) is 0 Å². The molecule has 2 N–H and O–H groups in total. The molecule has 156 valence electrons. The van der Waals surface area contributed by atoms with Gasteiger partial charge in [-0.3, -0.25) is 9.59 Å². The molecule has 0 spiro atoms. The number of nitrogens with one attached hydrogen (secondary N) is 2. The zero-order chi connectivity index (χ0) is 19.3. The van der Waals surface area contributed by atoms with E-state index in [2.05, 4.69) is 10.6 Å². The van der Waals surface area contributed by atoms with Crippen molar-refractivity contribution in [2.24, 2.45) is 5.92 Å². The Bertz CT molecular complexity index is 820. The Hall–Kier alpha value is -1.89. The Morgan fingerprint density at radius 3 is 2.72 bits per heavy atom. The van der Waals surface area contributed by atoms with Crippen LogP contribution in [0.15, 0.2) is 41.8 Å². The number of halogens is 1. The van der Waals surface area contributed by atoms with Crippen LogP contribution < -0.4 is 10.6 Å². The Balaban J connectivity index is 0.00000240. The van der Waals surface area contributed by atoms with Gasteiger partial charge in [0.15, 0.2) is 0 Å². The second-order valence-electron chi connectivity index (χ2n) is 7.68. The maximum atomic E-state index is 13.2. The molecule has 2 atom stereocenters. The lowest BCUT2D eigenvalue weighted by Crippen LogP contribution is -2.46. The number of piperidine rings is 1. The van der Waals surface area contributed by atoms with E-state index in [1.165, 1.54) is 11.3 Å². The highest BCUT2D eigenvalue weighted by Gasteiger charge is 2.28. The zero-order valence-electron chi connectivity index (χ0n) is 16.4. The molecule has 7 heteroatoms. The van der Waals surface area contributed by atoms with Crippen LogP contribution in [0.4, 0.5) is 0 Å². The van der Waals surface area contributed by atoms with E-state index >= 15 is 0 Å². The standard InChI is InChI=1S/C22H27N3O2S.ClH/c26-21(19-9-4-11-23-19)24-14-16-6-5-12-25(15-16)22(27)20-18(10-13-28-20)17-7-2-1-3-8-17;/h1-3,7-8,10,13,16,19,23H,4-6,9,11-12,14-15H2,(H,24,26);1H. The van der Waals surface area contributed by atoms with Gasteiger partial charge < -0.3 is 15.5 Å². The van der Waals surface area contributed by atoms with Gasteiger partial charge in [-0.25, -0.2) is 0 Å². The molecular formula is C22H28ClN3O2S. The number of rotatable bonds is 5. The van der Waals surface area contributed by atoms with Crippen LogP contribution in [-0.4, -0.2) is 48.9 Å². The van der Waals surface area contributed by atoms with Gasteiger partial charge >= 0.3 is 0 Å². The van der Waals surface area contributed by atoms with Gasteiger partial charge in [0.2, 0.25) is 5.91 Å². The smallest absolute Gasteiger partial charge is 0.264 e. The summed E-state index contributed by atoms with van der Waals surface area (Å²) in [4.78, 5) is 28.2. The number of amides is 2. The Morgan fingerprint density at radius 2 is 1.97 bits per heavy atom. The fraction of sp³-hybridized carbons (Fsp3) is 0.455. The molecule has 2 fully saturated rings. The van der Waals surface area contributed by atoms with Crippen LogP contribution in [0.25, 0.3) is 11.1 Å². The van der Waals surface area contributed by atoms with Crippen LogP contribution >= 0.6 is 23.7 Å². The Labute approximate surface area is 182 Å². The van der Waals surface area contributed by atoms with Crippen LogP contribution in [0.3, 0.4) is 0 Å². The van der Waals surface area contributed by atoms with Gasteiger partial charge in [-0.05, 0) is 55.2 Å². The van der Waals surface area contributed by atoms with E-state index in [9.17, 15) is 9.59 Å². The van der Waals surface area contributed by atoms with Crippen molar-refractivity contribution in [3.05, 3.63) is 46.7 Å². The molecule has 0 saturated carbocycles. The lowest BCUT2D eigenvalue weighted by molar-refractivity contribution is -0.123. The lowest BCUT2D eigenvalue weighted by Gasteiger charge is -2.33. The third kappa shape index (κ3) is 5.18. The van der Waals surface area contributed by atoms with Crippen molar-refractivity contribution < 1.29 is 9.59 Å². The number of hydrogen-bond donors (Lipinski definition) is 2. The van der Waals surface area contributed by atoms with Crippen molar-refractivity contribution in [1.29, 1.82) is 0 Å². The van der Waals surface area contributed by atoms with Gasteiger partial charge in [-0.1, -0.05) is 30.3 Å². The quantitative estimate of drug-likeness (QED) is 0.757. The first kappa shape index (κ1) is 21.8. The van der Waals surface area contributed by atoms with Crippen molar-refractivity contribution in [2.45, 2.75) is 31.7 Å². The van der Waals surface area contributed by atoms with E-state index in [0.717, 1.165) is 54.8 Å². The first-order valence-electron chi connectivity index (χ1n) is 10.2. The van der Waals surface area contributed by atoms with Crippen LogP contribution in [0.5, 0.6) is 0 Å². The SMILES string of the molecule is Cl.O=C(NCC1CCCN(C(=O)c2sccc2-c2ccccc2)C1)C1CCCN1. The molecule has 2 unspecified atom stereocenters. The molecular weight excluding hydrogens is 406 g/mol. The van der Waals surface area contributed by atoms with E-state index in [4.69, 9.17) is 0 Å². The summed E-state index contributed by atoms with van der Waals surface area (Å²) in [7, 11) is 0. The van der Waals surface area contributed by atoms with Crippen molar-refractivity contribution in [3.8, 4) is 11.1 Å². The normalized spacial score (nSPS) is 21.4. The van der Waals surface area contributed by atoms with Gasteiger partial charge in [-0.15, -0.1) is 23.7 Å². The molecule has 2 aliphatic heterocycles. The highest BCUT2D eigenvalue weighted by atomic mass is 35.5. The first-order valence-corrected chi connectivity index (χ1v) is 11.0. The van der Waals surface area contributed by atoms with Crippen molar-refractivity contribution in [3.63, 3.8) is 0 Å². The molecule has 1 aromatic heterocycles. The van der Waals surface area contributed by atoms with Crippen molar-refractivity contribution in [1.82, 2.24) is 15.5 Å². The summed E-state index contributed by atoms with van der Waals surface area (Å²) in [5.74, 6) is 0.538. The molecule has 0 radical (unpaired) electrons. The highest BCUT2D eigenvalue weighted by molar-refractivity contribution is 7.12. The summed E-state index contributed by atoms with van der Waals surface area (Å²) in [5.41, 5.74) is 2.09. The molecule has 4 rings (SSSR count). The summed E-state index contributed by atoms with van der Waals surface area (Å²) >= 11 is 1.51. The number of benzene rings is 1. The van der Waals surface area contributed by atoms with Crippen molar-refractivity contribution >= 4 is 35.6 Å². The summed E-state index contributed by atoms with van der Waals surface area (Å²) < 4.78 is 0. The van der Waals surface area contributed by atoms with Crippen LogP contribution in [0.2, 0.25) is 0 Å². The Morgan fingerprint density at radius 1 is 1.14 bits per heavy atom. The van der Waals surface area contributed by atoms with Gasteiger partial charge in [0.05, 0.1) is 10.9 Å². The summed E-state index contributed by atoms with van der Waals surface area (Å²) in [6, 6.07) is 12.1. The average molecular weight is 434 g/mol. The van der Waals surface area contributed by atoms with Gasteiger partial charge in [-0.2, -0.15) is 0 Å². The lowest BCUT2D eigenvalue weighted by atomic mass is 9.97.